The van der Waals surface area contributed by atoms with E-state index < -0.39 is 0 Å². The molecule has 2 rings (SSSR count). The van der Waals surface area contributed by atoms with E-state index in [-0.39, 0.29) is 0 Å². The first-order valence-corrected chi connectivity index (χ1v) is 6.82. The number of nitrogens with one attached hydrogen (secondary N) is 1. The summed E-state index contributed by atoms with van der Waals surface area (Å²) >= 11 is 12.1. The predicted octanol–water partition coefficient (Wildman–Crippen LogP) is 3.57. The number of piperazine rings is 1. The average Bonchev–Trinajstić information content (AvgIpc) is 2.28. The second kappa shape index (κ2) is 5.47. The quantitative estimate of drug-likeness (QED) is 0.886. The first-order chi connectivity index (χ1) is 8.10. The lowest BCUT2D eigenvalue weighted by Crippen LogP contribution is -2.55. The van der Waals surface area contributed by atoms with Crippen molar-refractivity contribution in [3.05, 3.63) is 28.2 Å². The van der Waals surface area contributed by atoms with E-state index in [1.54, 1.807) is 6.07 Å². The van der Waals surface area contributed by atoms with E-state index >= 15 is 0 Å². The van der Waals surface area contributed by atoms with Crippen LogP contribution < -0.4 is 10.2 Å². The van der Waals surface area contributed by atoms with Gasteiger partial charge in [0.1, 0.15) is 0 Å². The molecule has 2 atom stereocenters. The highest BCUT2D eigenvalue weighted by Crippen LogP contribution is 2.28. The molecule has 2 nitrogen and oxygen atoms in total. The SMILES string of the molecule is CCC1CN(c2cc(Cl)cc(Cl)c2)C(C)CN1. The van der Waals surface area contributed by atoms with Crippen LogP contribution in [-0.4, -0.2) is 25.2 Å². The molecule has 1 fully saturated rings. The van der Waals surface area contributed by atoms with E-state index in [4.69, 9.17) is 23.2 Å². The van der Waals surface area contributed by atoms with Crippen LogP contribution in [0.3, 0.4) is 0 Å². The molecule has 0 aromatic heterocycles. The van der Waals surface area contributed by atoms with E-state index in [9.17, 15) is 0 Å². The van der Waals surface area contributed by atoms with Gasteiger partial charge in [0, 0.05) is 40.9 Å². The molecule has 1 heterocycles. The minimum atomic E-state index is 0.465. The first-order valence-electron chi connectivity index (χ1n) is 6.06. The molecule has 1 aliphatic rings. The van der Waals surface area contributed by atoms with Crippen molar-refractivity contribution >= 4 is 28.9 Å². The monoisotopic (exact) mass is 272 g/mol. The third-order valence-corrected chi connectivity index (χ3v) is 3.76. The third kappa shape index (κ3) is 3.06. The van der Waals surface area contributed by atoms with Crippen LogP contribution in [0.5, 0.6) is 0 Å². The van der Waals surface area contributed by atoms with Crippen LogP contribution in [0.4, 0.5) is 5.69 Å². The maximum absolute atomic E-state index is 6.06. The fourth-order valence-electron chi connectivity index (χ4n) is 2.27. The second-order valence-corrected chi connectivity index (χ2v) is 5.52. The molecule has 0 bridgehead atoms. The van der Waals surface area contributed by atoms with Crippen LogP contribution in [0.2, 0.25) is 10.0 Å². The van der Waals surface area contributed by atoms with Crippen LogP contribution >= 0.6 is 23.2 Å². The number of hydrogen-bond acceptors (Lipinski definition) is 2. The van der Waals surface area contributed by atoms with Gasteiger partial charge in [0.2, 0.25) is 0 Å². The largest absolute Gasteiger partial charge is 0.366 e. The van der Waals surface area contributed by atoms with Crippen molar-refractivity contribution in [1.82, 2.24) is 5.32 Å². The van der Waals surface area contributed by atoms with E-state index in [1.807, 2.05) is 12.1 Å². The molecule has 94 valence electrons. The van der Waals surface area contributed by atoms with Gasteiger partial charge in [-0.3, -0.25) is 0 Å². The normalized spacial score (nSPS) is 25.1. The van der Waals surface area contributed by atoms with Crippen molar-refractivity contribution in [3.63, 3.8) is 0 Å². The number of anilines is 1. The molecule has 17 heavy (non-hydrogen) atoms. The Morgan fingerprint density at radius 3 is 2.53 bits per heavy atom. The van der Waals surface area contributed by atoms with Crippen molar-refractivity contribution in [2.24, 2.45) is 0 Å². The molecule has 2 unspecified atom stereocenters. The van der Waals surface area contributed by atoms with Gasteiger partial charge in [-0.25, -0.2) is 0 Å². The third-order valence-electron chi connectivity index (χ3n) is 3.32. The van der Waals surface area contributed by atoms with Gasteiger partial charge < -0.3 is 10.2 Å². The maximum atomic E-state index is 6.06. The Kier molecular flexibility index (Phi) is 4.18. The summed E-state index contributed by atoms with van der Waals surface area (Å²) in [6.07, 6.45) is 1.14. The number of rotatable bonds is 2. The molecule has 0 amide bonds. The van der Waals surface area contributed by atoms with E-state index in [1.165, 1.54) is 0 Å². The second-order valence-electron chi connectivity index (χ2n) is 4.64. The summed E-state index contributed by atoms with van der Waals surface area (Å²) in [6.45, 7) is 6.43. The Hall–Kier alpha value is -0.440. The molecule has 1 N–H and O–H groups in total. The fraction of sp³-hybridized carbons (Fsp3) is 0.538. The Balaban J connectivity index is 2.24. The molecule has 0 aliphatic carbocycles. The molecule has 0 saturated carbocycles. The summed E-state index contributed by atoms with van der Waals surface area (Å²) in [5, 5.41) is 4.94. The van der Waals surface area contributed by atoms with Gasteiger partial charge in [-0.2, -0.15) is 0 Å². The summed E-state index contributed by atoms with van der Waals surface area (Å²) in [5.41, 5.74) is 1.12. The van der Waals surface area contributed by atoms with Gasteiger partial charge in [0.15, 0.2) is 0 Å². The number of hydrogen-bond donors (Lipinski definition) is 1. The first kappa shape index (κ1) is 13.0. The van der Waals surface area contributed by atoms with Crippen LogP contribution in [0.1, 0.15) is 20.3 Å². The van der Waals surface area contributed by atoms with Gasteiger partial charge in [-0.05, 0) is 31.5 Å². The van der Waals surface area contributed by atoms with Crippen LogP contribution in [0.25, 0.3) is 0 Å². The van der Waals surface area contributed by atoms with Crippen molar-refractivity contribution in [2.75, 3.05) is 18.0 Å². The van der Waals surface area contributed by atoms with Crippen LogP contribution in [0.15, 0.2) is 18.2 Å². The number of nitrogens with zero attached hydrogens (tertiary/aromatic N) is 1. The predicted molar refractivity (Wildman–Crippen MR) is 75.4 cm³/mol. The summed E-state index contributed by atoms with van der Waals surface area (Å²) in [6, 6.07) is 6.76. The van der Waals surface area contributed by atoms with Gasteiger partial charge in [-0.1, -0.05) is 30.1 Å². The van der Waals surface area contributed by atoms with Crippen LogP contribution in [-0.2, 0) is 0 Å². The molecule has 1 saturated heterocycles. The van der Waals surface area contributed by atoms with Crippen molar-refractivity contribution < 1.29 is 0 Å². The Labute approximate surface area is 113 Å². The zero-order chi connectivity index (χ0) is 12.4. The minimum Gasteiger partial charge on any atom is -0.366 e. The van der Waals surface area contributed by atoms with E-state index in [0.29, 0.717) is 22.1 Å². The molecular formula is C13H18Cl2N2. The summed E-state index contributed by atoms with van der Waals surface area (Å²) in [4.78, 5) is 2.38. The van der Waals surface area contributed by atoms with Gasteiger partial charge >= 0.3 is 0 Å². The summed E-state index contributed by atoms with van der Waals surface area (Å²) in [7, 11) is 0. The lowest BCUT2D eigenvalue weighted by atomic mass is 10.1. The molecule has 0 radical (unpaired) electrons. The number of halogens is 2. The smallest absolute Gasteiger partial charge is 0.0441 e. The standard InChI is InChI=1S/C13H18Cl2N2/c1-3-12-8-17(9(2)7-16-12)13-5-10(14)4-11(15)6-13/h4-6,9,12,16H,3,7-8H2,1-2H3. The zero-order valence-electron chi connectivity index (χ0n) is 10.2. The van der Waals surface area contributed by atoms with Gasteiger partial charge in [0.05, 0.1) is 0 Å². The molecular weight excluding hydrogens is 255 g/mol. The molecule has 1 aromatic rings. The van der Waals surface area contributed by atoms with Crippen molar-refractivity contribution in [1.29, 1.82) is 0 Å². The molecule has 0 spiro atoms. The highest BCUT2D eigenvalue weighted by Gasteiger charge is 2.24. The van der Waals surface area contributed by atoms with Crippen LogP contribution in [0, 0.1) is 0 Å². The molecule has 1 aliphatic heterocycles. The average molecular weight is 273 g/mol. The Morgan fingerprint density at radius 1 is 1.29 bits per heavy atom. The van der Waals surface area contributed by atoms with E-state index in [2.05, 4.69) is 24.1 Å². The van der Waals surface area contributed by atoms with Gasteiger partial charge in [0.25, 0.3) is 0 Å². The van der Waals surface area contributed by atoms with Gasteiger partial charge in [-0.15, -0.1) is 0 Å². The lowest BCUT2D eigenvalue weighted by molar-refractivity contribution is 0.397. The minimum absolute atomic E-state index is 0.465. The molecule has 1 aromatic carbocycles. The topological polar surface area (TPSA) is 15.3 Å². The summed E-state index contributed by atoms with van der Waals surface area (Å²) < 4.78 is 0. The highest BCUT2D eigenvalue weighted by molar-refractivity contribution is 6.35. The lowest BCUT2D eigenvalue weighted by Gasteiger charge is -2.40. The Morgan fingerprint density at radius 2 is 1.94 bits per heavy atom. The summed E-state index contributed by atoms with van der Waals surface area (Å²) in [5.74, 6) is 0. The highest BCUT2D eigenvalue weighted by atomic mass is 35.5. The molecule has 4 heteroatoms. The van der Waals surface area contributed by atoms with Crippen molar-refractivity contribution in [2.45, 2.75) is 32.4 Å². The zero-order valence-corrected chi connectivity index (χ0v) is 11.7. The van der Waals surface area contributed by atoms with E-state index in [0.717, 1.165) is 25.2 Å². The fourth-order valence-corrected chi connectivity index (χ4v) is 2.78. The van der Waals surface area contributed by atoms with Crippen molar-refractivity contribution in [3.8, 4) is 0 Å². The maximum Gasteiger partial charge on any atom is 0.0441 e. The Bertz CT molecular complexity index is 375. The number of benzene rings is 1.